The van der Waals surface area contributed by atoms with Crippen molar-refractivity contribution in [3.63, 3.8) is 0 Å². The van der Waals surface area contributed by atoms with E-state index in [-0.39, 0.29) is 0 Å². The highest BCUT2D eigenvalue weighted by atomic mass is 28.3. The van der Waals surface area contributed by atoms with Crippen molar-refractivity contribution < 1.29 is 5.11 Å². The number of aliphatic hydroxyl groups is 1. The minimum Gasteiger partial charge on any atom is -0.396 e. The number of aliphatic hydroxyl groups excluding tert-OH is 1. The van der Waals surface area contributed by atoms with E-state index in [0.29, 0.717) is 6.61 Å². The SMILES string of the molecule is CC1=C(C2=C([Si](C)(C)CCCO)C=CC2)c2ccccc2C1. The Balaban J connectivity index is 2.04. The second-order valence-electron chi connectivity index (χ2n) is 7.20. The van der Waals surface area contributed by atoms with E-state index in [0.717, 1.165) is 19.3 Å². The summed E-state index contributed by atoms with van der Waals surface area (Å²) in [7, 11) is -1.47. The Kier molecular flexibility index (Phi) is 4.24. The van der Waals surface area contributed by atoms with Gasteiger partial charge in [-0.1, -0.05) is 66.3 Å². The fourth-order valence-corrected chi connectivity index (χ4v) is 6.90. The number of allylic oxidation sites excluding steroid dienone is 6. The minimum atomic E-state index is -1.47. The Morgan fingerprint density at radius 3 is 2.73 bits per heavy atom. The summed E-state index contributed by atoms with van der Waals surface area (Å²) in [6.45, 7) is 7.50. The molecule has 0 heterocycles. The Hall–Kier alpha value is -1.38. The summed E-state index contributed by atoms with van der Waals surface area (Å²) < 4.78 is 0. The van der Waals surface area contributed by atoms with Crippen molar-refractivity contribution in [3.8, 4) is 0 Å². The van der Waals surface area contributed by atoms with Crippen molar-refractivity contribution in [1.82, 2.24) is 0 Å². The zero-order valence-corrected chi connectivity index (χ0v) is 14.9. The molecule has 22 heavy (non-hydrogen) atoms. The molecule has 0 radical (unpaired) electrons. The number of hydrogen-bond acceptors (Lipinski definition) is 1. The van der Waals surface area contributed by atoms with Crippen molar-refractivity contribution >= 4 is 13.6 Å². The zero-order chi connectivity index (χ0) is 15.7. The monoisotopic (exact) mass is 310 g/mol. The van der Waals surface area contributed by atoms with Crippen LogP contribution in [0.25, 0.3) is 5.57 Å². The quantitative estimate of drug-likeness (QED) is 0.767. The van der Waals surface area contributed by atoms with Gasteiger partial charge in [0.15, 0.2) is 0 Å². The maximum Gasteiger partial charge on any atom is 0.0811 e. The van der Waals surface area contributed by atoms with Gasteiger partial charge in [0.05, 0.1) is 8.07 Å². The predicted octanol–water partition coefficient (Wildman–Crippen LogP) is 4.90. The van der Waals surface area contributed by atoms with Gasteiger partial charge in [0, 0.05) is 6.61 Å². The van der Waals surface area contributed by atoms with E-state index in [1.54, 1.807) is 10.8 Å². The molecule has 1 N–H and O–H groups in total. The van der Waals surface area contributed by atoms with Gasteiger partial charge in [-0.15, -0.1) is 0 Å². The predicted molar refractivity (Wildman–Crippen MR) is 97.5 cm³/mol. The highest BCUT2D eigenvalue weighted by Gasteiger charge is 2.32. The summed E-state index contributed by atoms with van der Waals surface area (Å²) in [4.78, 5) is 0. The third-order valence-electron chi connectivity index (χ3n) is 5.09. The van der Waals surface area contributed by atoms with Gasteiger partial charge < -0.3 is 5.11 Å². The van der Waals surface area contributed by atoms with Gasteiger partial charge in [0.1, 0.15) is 0 Å². The van der Waals surface area contributed by atoms with E-state index in [2.05, 4.69) is 56.4 Å². The molecule has 2 heteroatoms. The lowest BCUT2D eigenvalue weighted by Crippen LogP contribution is -2.29. The van der Waals surface area contributed by atoms with Crippen LogP contribution in [0.3, 0.4) is 0 Å². The summed E-state index contributed by atoms with van der Waals surface area (Å²) in [6.07, 6.45) is 7.81. The van der Waals surface area contributed by atoms with E-state index in [1.165, 1.54) is 28.3 Å². The number of rotatable bonds is 5. The molecule has 0 atom stereocenters. The van der Waals surface area contributed by atoms with Crippen molar-refractivity contribution in [3.05, 3.63) is 63.9 Å². The van der Waals surface area contributed by atoms with Gasteiger partial charge in [0.2, 0.25) is 0 Å². The lowest BCUT2D eigenvalue weighted by molar-refractivity contribution is 0.294. The van der Waals surface area contributed by atoms with E-state index in [9.17, 15) is 5.11 Å². The molecule has 0 aromatic heterocycles. The van der Waals surface area contributed by atoms with Crippen molar-refractivity contribution in [1.29, 1.82) is 0 Å². The standard InChI is InChI=1S/C20H26OSi/c1-15-14-16-8-4-5-9-17(16)20(15)18-10-6-11-19(18)22(2,3)13-7-12-21/h4-6,8-9,11,21H,7,10,12-14H2,1-3H3. The third kappa shape index (κ3) is 2.66. The summed E-state index contributed by atoms with van der Waals surface area (Å²) in [5, 5.41) is 10.8. The summed E-state index contributed by atoms with van der Waals surface area (Å²) >= 11 is 0. The van der Waals surface area contributed by atoms with Crippen LogP contribution in [0.1, 0.15) is 30.9 Å². The smallest absolute Gasteiger partial charge is 0.0811 e. The third-order valence-corrected chi connectivity index (χ3v) is 8.62. The molecular weight excluding hydrogens is 284 g/mol. The molecule has 0 bridgehead atoms. The Morgan fingerprint density at radius 2 is 1.95 bits per heavy atom. The fraction of sp³-hybridized carbons (Fsp3) is 0.400. The van der Waals surface area contributed by atoms with Crippen molar-refractivity contribution in [2.45, 2.75) is 45.3 Å². The second-order valence-corrected chi connectivity index (χ2v) is 12.0. The number of benzene rings is 1. The van der Waals surface area contributed by atoms with E-state index >= 15 is 0 Å². The zero-order valence-electron chi connectivity index (χ0n) is 13.9. The van der Waals surface area contributed by atoms with Gasteiger partial charge in [-0.05, 0) is 48.5 Å². The lowest BCUT2D eigenvalue weighted by atomic mass is 9.97. The lowest BCUT2D eigenvalue weighted by Gasteiger charge is -2.26. The molecule has 116 valence electrons. The largest absolute Gasteiger partial charge is 0.396 e. The van der Waals surface area contributed by atoms with Gasteiger partial charge >= 0.3 is 0 Å². The average Bonchev–Trinajstić information content (AvgIpc) is 3.08. The molecule has 3 rings (SSSR count). The Morgan fingerprint density at radius 1 is 1.18 bits per heavy atom. The van der Waals surface area contributed by atoms with Crippen LogP contribution in [0, 0.1) is 0 Å². The van der Waals surface area contributed by atoms with Gasteiger partial charge in [-0.3, -0.25) is 0 Å². The first-order chi connectivity index (χ1) is 10.5. The minimum absolute atomic E-state index is 0.313. The molecular formula is C20H26OSi. The Bertz CT molecular complexity index is 677. The van der Waals surface area contributed by atoms with Gasteiger partial charge in [-0.2, -0.15) is 0 Å². The Labute approximate surface area is 135 Å². The second kappa shape index (κ2) is 6.02. The normalized spacial score (nSPS) is 17.6. The summed E-state index contributed by atoms with van der Waals surface area (Å²) in [6, 6.07) is 10.0. The topological polar surface area (TPSA) is 20.2 Å². The number of hydrogen-bond donors (Lipinski definition) is 1. The van der Waals surface area contributed by atoms with Crippen LogP contribution in [0.4, 0.5) is 0 Å². The van der Waals surface area contributed by atoms with Crippen LogP contribution in [0.15, 0.2) is 52.8 Å². The van der Waals surface area contributed by atoms with Crippen LogP contribution in [0.2, 0.25) is 19.1 Å². The van der Waals surface area contributed by atoms with Crippen LogP contribution in [-0.2, 0) is 6.42 Å². The van der Waals surface area contributed by atoms with E-state index < -0.39 is 8.07 Å². The highest BCUT2D eigenvalue weighted by Crippen LogP contribution is 2.44. The molecule has 0 fully saturated rings. The summed E-state index contributed by atoms with van der Waals surface area (Å²) in [5.41, 5.74) is 7.52. The van der Waals surface area contributed by atoms with Gasteiger partial charge in [0.25, 0.3) is 0 Å². The molecule has 1 aromatic rings. The molecule has 1 aromatic carbocycles. The van der Waals surface area contributed by atoms with Gasteiger partial charge in [-0.25, -0.2) is 0 Å². The van der Waals surface area contributed by atoms with Crippen molar-refractivity contribution in [2.24, 2.45) is 0 Å². The summed E-state index contributed by atoms with van der Waals surface area (Å²) in [5.74, 6) is 0. The van der Waals surface area contributed by atoms with Crippen LogP contribution >= 0.6 is 0 Å². The average molecular weight is 311 g/mol. The molecule has 2 aliphatic carbocycles. The molecule has 0 saturated heterocycles. The van der Waals surface area contributed by atoms with Crippen LogP contribution in [-0.4, -0.2) is 19.8 Å². The molecule has 0 unspecified atom stereocenters. The first-order valence-electron chi connectivity index (χ1n) is 8.34. The molecule has 0 spiro atoms. The molecule has 0 saturated carbocycles. The number of fused-ring (bicyclic) bond motifs is 1. The molecule has 0 aliphatic heterocycles. The molecule has 0 amide bonds. The maximum atomic E-state index is 9.20. The van der Waals surface area contributed by atoms with E-state index in [4.69, 9.17) is 0 Å². The van der Waals surface area contributed by atoms with Crippen LogP contribution in [0.5, 0.6) is 0 Å². The van der Waals surface area contributed by atoms with Crippen LogP contribution < -0.4 is 0 Å². The molecule has 2 aliphatic rings. The molecule has 1 nitrogen and oxygen atoms in total. The van der Waals surface area contributed by atoms with Crippen molar-refractivity contribution in [2.75, 3.05) is 6.61 Å². The first kappa shape index (κ1) is 15.5. The fourth-order valence-electron chi connectivity index (χ4n) is 3.97. The first-order valence-corrected chi connectivity index (χ1v) is 11.5. The highest BCUT2D eigenvalue weighted by molar-refractivity contribution is 6.85. The van der Waals surface area contributed by atoms with E-state index in [1.807, 2.05) is 0 Å². The maximum absolute atomic E-state index is 9.20.